The molecule has 0 atom stereocenters. The Balaban J connectivity index is 1.28. The van der Waals surface area contributed by atoms with E-state index < -0.39 is 0 Å². The maximum atomic E-state index is 12.5. The molecular formula is C21H24N4O2S. The highest BCUT2D eigenvalue weighted by Gasteiger charge is 2.22. The lowest BCUT2D eigenvalue weighted by Crippen LogP contribution is -2.49. The first-order valence-corrected chi connectivity index (χ1v) is 10.3. The molecule has 1 saturated heterocycles. The van der Waals surface area contributed by atoms with E-state index in [4.69, 9.17) is 4.42 Å². The number of nitrogens with one attached hydrogen (secondary N) is 1. The number of anilines is 1. The molecule has 0 bridgehead atoms. The fourth-order valence-electron chi connectivity index (χ4n) is 3.24. The van der Waals surface area contributed by atoms with Gasteiger partial charge in [0.2, 0.25) is 0 Å². The molecule has 4 rings (SSSR count). The predicted octanol–water partition coefficient (Wildman–Crippen LogP) is 4.37. The van der Waals surface area contributed by atoms with Crippen LogP contribution in [0.3, 0.4) is 0 Å². The zero-order valence-electron chi connectivity index (χ0n) is 16.1. The van der Waals surface area contributed by atoms with Gasteiger partial charge in [0.15, 0.2) is 5.76 Å². The third-order valence-electron chi connectivity index (χ3n) is 5.10. The summed E-state index contributed by atoms with van der Waals surface area (Å²) in [4.78, 5) is 21.4. The van der Waals surface area contributed by atoms with E-state index in [0.29, 0.717) is 13.1 Å². The van der Waals surface area contributed by atoms with Crippen molar-refractivity contribution < 1.29 is 9.21 Å². The summed E-state index contributed by atoms with van der Waals surface area (Å²) in [5, 5.41) is 6.11. The lowest BCUT2D eigenvalue weighted by Gasteiger charge is -2.34. The van der Waals surface area contributed by atoms with Crippen LogP contribution < -0.4 is 5.32 Å². The number of rotatable bonds is 4. The largest absolute Gasteiger partial charge is 0.463 e. The SMILES string of the molecule is Cc1ccc(NC(=O)N2CCN(Cc3nc(-c4ccco4)cs3)CC2)cc1C. The third-order valence-corrected chi connectivity index (χ3v) is 5.94. The van der Waals surface area contributed by atoms with Gasteiger partial charge in [0.1, 0.15) is 10.7 Å². The summed E-state index contributed by atoms with van der Waals surface area (Å²) in [6, 6.07) is 9.77. The number of hydrogen-bond acceptors (Lipinski definition) is 5. The fourth-order valence-corrected chi connectivity index (χ4v) is 4.07. The van der Waals surface area contributed by atoms with Crippen LogP contribution in [-0.2, 0) is 6.54 Å². The molecule has 7 heteroatoms. The lowest BCUT2D eigenvalue weighted by atomic mass is 10.1. The Morgan fingerprint density at radius 1 is 1.18 bits per heavy atom. The molecular weight excluding hydrogens is 372 g/mol. The van der Waals surface area contributed by atoms with E-state index in [1.54, 1.807) is 17.6 Å². The monoisotopic (exact) mass is 396 g/mol. The zero-order valence-corrected chi connectivity index (χ0v) is 17.0. The Labute approximate surface area is 168 Å². The number of benzene rings is 1. The summed E-state index contributed by atoms with van der Waals surface area (Å²) in [6.45, 7) is 8.05. The van der Waals surface area contributed by atoms with Crippen molar-refractivity contribution in [2.75, 3.05) is 31.5 Å². The van der Waals surface area contributed by atoms with Gasteiger partial charge in [-0.1, -0.05) is 6.07 Å². The molecule has 1 fully saturated rings. The number of carbonyl (C=O) groups excluding carboxylic acids is 1. The molecule has 0 saturated carbocycles. The van der Waals surface area contributed by atoms with Crippen LogP contribution in [-0.4, -0.2) is 47.0 Å². The van der Waals surface area contributed by atoms with Gasteiger partial charge >= 0.3 is 6.03 Å². The summed E-state index contributed by atoms with van der Waals surface area (Å²) in [5.74, 6) is 0.801. The van der Waals surface area contributed by atoms with Gasteiger partial charge in [0.05, 0.1) is 12.8 Å². The van der Waals surface area contributed by atoms with E-state index >= 15 is 0 Å². The average Bonchev–Trinajstić information content (AvgIpc) is 3.37. The smallest absolute Gasteiger partial charge is 0.321 e. The molecule has 1 aromatic carbocycles. The van der Waals surface area contributed by atoms with Gasteiger partial charge in [0.25, 0.3) is 0 Å². The van der Waals surface area contributed by atoms with Crippen LogP contribution in [0.2, 0.25) is 0 Å². The fraction of sp³-hybridized carbons (Fsp3) is 0.333. The number of hydrogen-bond donors (Lipinski definition) is 1. The van der Waals surface area contributed by atoms with Crippen LogP contribution >= 0.6 is 11.3 Å². The first kappa shape index (κ1) is 18.7. The van der Waals surface area contributed by atoms with Crippen molar-refractivity contribution in [1.82, 2.24) is 14.8 Å². The van der Waals surface area contributed by atoms with E-state index in [9.17, 15) is 4.79 Å². The van der Waals surface area contributed by atoms with Crippen LogP contribution in [0, 0.1) is 13.8 Å². The van der Waals surface area contributed by atoms with Crippen LogP contribution in [0.4, 0.5) is 10.5 Å². The summed E-state index contributed by atoms with van der Waals surface area (Å²) >= 11 is 1.65. The van der Waals surface area contributed by atoms with Crippen molar-refractivity contribution in [2.45, 2.75) is 20.4 Å². The number of urea groups is 1. The molecule has 0 radical (unpaired) electrons. The highest BCUT2D eigenvalue weighted by Crippen LogP contribution is 2.23. The topological polar surface area (TPSA) is 61.6 Å². The van der Waals surface area contributed by atoms with Gasteiger partial charge < -0.3 is 14.6 Å². The van der Waals surface area contributed by atoms with E-state index in [-0.39, 0.29) is 6.03 Å². The summed E-state index contributed by atoms with van der Waals surface area (Å²) in [5.41, 5.74) is 4.14. The second kappa shape index (κ2) is 8.16. The Hall–Kier alpha value is -2.64. The molecule has 3 aromatic rings. The van der Waals surface area contributed by atoms with Gasteiger partial charge in [-0.25, -0.2) is 9.78 Å². The van der Waals surface area contributed by atoms with Crippen LogP contribution in [0.1, 0.15) is 16.1 Å². The normalized spacial score (nSPS) is 15.0. The van der Waals surface area contributed by atoms with Gasteiger partial charge in [0, 0.05) is 37.2 Å². The van der Waals surface area contributed by atoms with Crippen molar-refractivity contribution in [3.05, 3.63) is 58.1 Å². The molecule has 1 aliphatic rings. The number of carbonyl (C=O) groups is 1. The number of nitrogens with zero attached hydrogens (tertiary/aromatic N) is 3. The van der Waals surface area contributed by atoms with Crippen molar-refractivity contribution in [3.8, 4) is 11.5 Å². The van der Waals surface area contributed by atoms with E-state index in [0.717, 1.165) is 41.8 Å². The molecule has 0 aliphatic carbocycles. The summed E-state index contributed by atoms with van der Waals surface area (Å²) < 4.78 is 5.41. The standard InChI is InChI=1S/C21H24N4O2S/c1-15-5-6-17(12-16(15)2)22-21(26)25-9-7-24(8-10-25)13-20-23-18(14-28-20)19-4-3-11-27-19/h3-6,11-12,14H,7-10,13H2,1-2H3,(H,22,26). The molecule has 1 N–H and O–H groups in total. The Morgan fingerprint density at radius 3 is 2.71 bits per heavy atom. The lowest BCUT2D eigenvalue weighted by molar-refractivity contribution is 0.143. The molecule has 2 aromatic heterocycles. The summed E-state index contributed by atoms with van der Waals surface area (Å²) in [7, 11) is 0. The first-order valence-electron chi connectivity index (χ1n) is 9.42. The molecule has 6 nitrogen and oxygen atoms in total. The summed E-state index contributed by atoms with van der Waals surface area (Å²) in [6.07, 6.45) is 1.66. The van der Waals surface area contributed by atoms with Gasteiger partial charge in [-0.05, 0) is 49.2 Å². The predicted molar refractivity (Wildman–Crippen MR) is 112 cm³/mol. The van der Waals surface area contributed by atoms with Crippen molar-refractivity contribution in [2.24, 2.45) is 0 Å². The number of furan rings is 1. The first-order chi connectivity index (χ1) is 13.6. The number of aryl methyl sites for hydroxylation is 2. The highest BCUT2D eigenvalue weighted by atomic mass is 32.1. The zero-order chi connectivity index (χ0) is 19.5. The van der Waals surface area contributed by atoms with E-state index in [1.165, 1.54) is 11.1 Å². The van der Waals surface area contributed by atoms with Crippen LogP contribution in [0.25, 0.3) is 11.5 Å². The molecule has 0 spiro atoms. The van der Waals surface area contributed by atoms with Crippen LogP contribution in [0.15, 0.2) is 46.4 Å². The number of piperazine rings is 1. The molecule has 28 heavy (non-hydrogen) atoms. The number of amides is 2. The Bertz CT molecular complexity index is 943. The average molecular weight is 397 g/mol. The minimum Gasteiger partial charge on any atom is -0.463 e. The van der Waals surface area contributed by atoms with Crippen molar-refractivity contribution in [1.29, 1.82) is 0 Å². The maximum Gasteiger partial charge on any atom is 0.321 e. The quantitative estimate of drug-likeness (QED) is 0.711. The molecule has 146 valence electrons. The second-order valence-corrected chi connectivity index (χ2v) is 8.04. The molecule has 1 aliphatic heterocycles. The minimum atomic E-state index is -0.0303. The van der Waals surface area contributed by atoms with E-state index in [2.05, 4.69) is 29.0 Å². The molecule has 3 heterocycles. The highest BCUT2D eigenvalue weighted by molar-refractivity contribution is 7.09. The Kier molecular flexibility index (Phi) is 5.45. The molecule has 2 amide bonds. The molecule has 0 unspecified atom stereocenters. The minimum absolute atomic E-state index is 0.0303. The Morgan fingerprint density at radius 2 is 2.00 bits per heavy atom. The van der Waals surface area contributed by atoms with Gasteiger partial charge in [-0.15, -0.1) is 11.3 Å². The number of aromatic nitrogens is 1. The van der Waals surface area contributed by atoms with Crippen molar-refractivity contribution in [3.63, 3.8) is 0 Å². The number of thiazole rings is 1. The van der Waals surface area contributed by atoms with Crippen molar-refractivity contribution >= 4 is 23.1 Å². The third kappa shape index (κ3) is 4.26. The van der Waals surface area contributed by atoms with Gasteiger partial charge in [-0.3, -0.25) is 4.90 Å². The van der Waals surface area contributed by atoms with Gasteiger partial charge in [-0.2, -0.15) is 0 Å². The van der Waals surface area contributed by atoms with Crippen LogP contribution in [0.5, 0.6) is 0 Å². The van der Waals surface area contributed by atoms with E-state index in [1.807, 2.05) is 40.6 Å². The second-order valence-electron chi connectivity index (χ2n) is 7.10. The maximum absolute atomic E-state index is 12.5.